The Morgan fingerprint density at radius 3 is 2.65 bits per heavy atom. The summed E-state index contributed by atoms with van der Waals surface area (Å²) in [7, 11) is 1.94. The number of hydrogen-bond acceptors (Lipinski definition) is 3. The Hall–Kier alpha value is -1.81. The van der Waals surface area contributed by atoms with Gasteiger partial charge in [0.25, 0.3) is 0 Å². The topological polar surface area (TPSA) is 45.5 Å². The number of likely N-dealkylation sites (N-methyl/N-ethyl adjacent to an activating group) is 1. The van der Waals surface area contributed by atoms with Crippen molar-refractivity contribution in [3.63, 3.8) is 0 Å². The van der Waals surface area contributed by atoms with Crippen LogP contribution in [-0.2, 0) is 4.79 Å². The lowest BCUT2D eigenvalue weighted by Gasteiger charge is -2.21. The zero-order chi connectivity index (χ0) is 14.7. The Labute approximate surface area is 119 Å². The van der Waals surface area contributed by atoms with Gasteiger partial charge in [0.1, 0.15) is 11.3 Å². The Kier molecular flexibility index (Phi) is 4.45. The first kappa shape index (κ1) is 14.6. The maximum absolute atomic E-state index is 12.0. The van der Waals surface area contributed by atoms with Crippen molar-refractivity contribution in [2.75, 3.05) is 13.6 Å². The van der Waals surface area contributed by atoms with Gasteiger partial charge in [-0.25, -0.2) is 0 Å². The molecule has 0 bridgehead atoms. The van der Waals surface area contributed by atoms with Gasteiger partial charge >= 0.3 is 0 Å². The van der Waals surface area contributed by atoms with Gasteiger partial charge in [-0.3, -0.25) is 9.69 Å². The number of para-hydroxylation sites is 1. The highest BCUT2D eigenvalue weighted by molar-refractivity contribution is 5.80. The van der Waals surface area contributed by atoms with Crippen LogP contribution < -0.4 is 5.32 Å². The molecule has 0 fully saturated rings. The number of nitrogens with zero attached hydrogens (tertiary/aromatic N) is 1. The van der Waals surface area contributed by atoms with Crippen LogP contribution in [0, 0.1) is 0 Å². The number of hydrogen-bond donors (Lipinski definition) is 1. The molecule has 1 aromatic heterocycles. The number of amides is 1. The third kappa shape index (κ3) is 3.39. The lowest BCUT2D eigenvalue weighted by Crippen LogP contribution is -2.39. The zero-order valence-corrected chi connectivity index (χ0v) is 12.5. The van der Waals surface area contributed by atoms with E-state index in [1.54, 1.807) is 0 Å². The van der Waals surface area contributed by atoms with E-state index < -0.39 is 0 Å². The summed E-state index contributed by atoms with van der Waals surface area (Å²) in [6.07, 6.45) is 0. The smallest absolute Gasteiger partial charge is 0.234 e. The van der Waals surface area contributed by atoms with Gasteiger partial charge in [0.2, 0.25) is 5.91 Å². The van der Waals surface area contributed by atoms with Crippen LogP contribution in [0.3, 0.4) is 0 Å². The molecule has 0 saturated carbocycles. The van der Waals surface area contributed by atoms with Crippen LogP contribution in [-0.4, -0.2) is 30.4 Å². The Balaban J connectivity index is 2.00. The van der Waals surface area contributed by atoms with Gasteiger partial charge < -0.3 is 9.73 Å². The van der Waals surface area contributed by atoms with Crippen LogP contribution in [0.5, 0.6) is 0 Å². The number of nitrogens with one attached hydrogen (secondary N) is 1. The van der Waals surface area contributed by atoms with Crippen molar-refractivity contribution >= 4 is 16.9 Å². The highest BCUT2D eigenvalue weighted by Crippen LogP contribution is 2.23. The highest BCUT2D eigenvalue weighted by Gasteiger charge is 2.16. The minimum atomic E-state index is -0.129. The number of furan rings is 1. The maximum atomic E-state index is 12.0. The number of rotatable bonds is 5. The normalized spacial score (nSPS) is 13.1. The number of carbonyl (C=O) groups excluding carboxylic acids is 1. The van der Waals surface area contributed by atoms with Crippen molar-refractivity contribution < 1.29 is 9.21 Å². The van der Waals surface area contributed by atoms with Crippen LogP contribution >= 0.6 is 0 Å². The molecule has 108 valence electrons. The summed E-state index contributed by atoms with van der Waals surface area (Å²) >= 11 is 0. The molecular weight excluding hydrogens is 252 g/mol. The fourth-order valence-corrected chi connectivity index (χ4v) is 1.98. The first-order chi connectivity index (χ1) is 9.47. The molecule has 0 aliphatic carbocycles. The first-order valence-electron chi connectivity index (χ1n) is 6.95. The summed E-state index contributed by atoms with van der Waals surface area (Å²) in [5.41, 5.74) is 0.850. The van der Waals surface area contributed by atoms with Gasteiger partial charge in [-0.2, -0.15) is 0 Å². The predicted octanol–water partition coefficient (Wildman–Crippen LogP) is 2.95. The predicted molar refractivity (Wildman–Crippen MR) is 80.5 cm³/mol. The van der Waals surface area contributed by atoms with Crippen molar-refractivity contribution in [3.8, 4) is 0 Å². The molecule has 20 heavy (non-hydrogen) atoms. The molecule has 1 heterocycles. The lowest BCUT2D eigenvalue weighted by molar-refractivity contribution is -0.123. The van der Waals surface area contributed by atoms with Crippen molar-refractivity contribution in [2.24, 2.45) is 0 Å². The molecule has 0 aliphatic heterocycles. The Bertz CT molecular complexity index is 556. The molecule has 1 aromatic carbocycles. The molecule has 1 atom stereocenters. The standard InChI is InChI=1S/C16H22N2O2/c1-11(2)18(4)10-16(19)17-12(3)15-9-13-7-5-6-8-14(13)20-15/h5-9,11-12H,10H2,1-4H3,(H,17,19). The molecule has 2 aromatic rings. The summed E-state index contributed by atoms with van der Waals surface area (Å²) in [5, 5.41) is 4.03. The van der Waals surface area contributed by atoms with Crippen molar-refractivity contribution in [2.45, 2.75) is 32.9 Å². The zero-order valence-electron chi connectivity index (χ0n) is 12.5. The quantitative estimate of drug-likeness (QED) is 0.911. The minimum Gasteiger partial charge on any atom is -0.459 e. The molecular formula is C16H22N2O2. The molecule has 4 nitrogen and oxygen atoms in total. The summed E-state index contributed by atoms with van der Waals surface area (Å²) in [5.74, 6) is 0.793. The van der Waals surface area contributed by atoms with Crippen molar-refractivity contribution in [1.29, 1.82) is 0 Å². The number of benzene rings is 1. The second kappa shape index (κ2) is 6.09. The average molecular weight is 274 g/mol. The minimum absolute atomic E-state index is 0.00848. The molecule has 4 heteroatoms. The first-order valence-corrected chi connectivity index (χ1v) is 6.95. The molecule has 0 radical (unpaired) electrons. The second-order valence-corrected chi connectivity index (χ2v) is 5.48. The van der Waals surface area contributed by atoms with E-state index in [2.05, 4.69) is 19.2 Å². The van der Waals surface area contributed by atoms with Gasteiger partial charge in [0.15, 0.2) is 0 Å². The number of fused-ring (bicyclic) bond motifs is 1. The van der Waals surface area contributed by atoms with Crippen molar-refractivity contribution in [3.05, 3.63) is 36.1 Å². The molecule has 2 rings (SSSR count). The van der Waals surface area contributed by atoms with Crippen LogP contribution in [0.15, 0.2) is 34.7 Å². The second-order valence-electron chi connectivity index (χ2n) is 5.48. The summed E-state index contributed by atoms with van der Waals surface area (Å²) in [6, 6.07) is 10.0. The summed E-state index contributed by atoms with van der Waals surface area (Å²) in [6.45, 7) is 6.46. The molecule has 0 spiro atoms. The summed E-state index contributed by atoms with van der Waals surface area (Å²) in [4.78, 5) is 14.0. The number of carbonyl (C=O) groups is 1. The van der Waals surface area contributed by atoms with Crippen LogP contribution in [0.2, 0.25) is 0 Å². The Morgan fingerprint density at radius 2 is 2.00 bits per heavy atom. The molecule has 1 amide bonds. The van der Waals surface area contributed by atoms with E-state index in [4.69, 9.17) is 4.42 Å². The monoisotopic (exact) mass is 274 g/mol. The third-order valence-electron chi connectivity index (χ3n) is 3.52. The van der Waals surface area contributed by atoms with E-state index in [1.807, 2.05) is 49.2 Å². The van der Waals surface area contributed by atoms with Crippen molar-refractivity contribution in [1.82, 2.24) is 10.2 Å². The highest BCUT2D eigenvalue weighted by atomic mass is 16.3. The van der Waals surface area contributed by atoms with Gasteiger partial charge in [0.05, 0.1) is 12.6 Å². The largest absolute Gasteiger partial charge is 0.459 e. The van der Waals surface area contributed by atoms with E-state index in [0.717, 1.165) is 16.7 Å². The Morgan fingerprint density at radius 1 is 1.30 bits per heavy atom. The van der Waals surface area contributed by atoms with E-state index in [9.17, 15) is 4.79 Å². The molecule has 1 N–H and O–H groups in total. The van der Waals surface area contributed by atoms with E-state index in [1.165, 1.54) is 0 Å². The average Bonchev–Trinajstić information content (AvgIpc) is 2.82. The maximum Gasteiger partial charge on any atom is 0.234 e. The van der Waals surface area contributed by atoms with Crippen LogP contribution in [0.4, 0.5) is 0 Å². The van der Waals surface area contributed by atoms with Gasteiger partial charge in [-0.1, -0.05) is 18.2 Å². The van der Waals surface area contributed by atoms with E-state index in [0.29, 0.717) is 12.6 Å². The summed E-state index contributed by atoms with van der Waals surface area (Å²) < 4.78 is 5.75. The molecule has 1 unspecified atom stereocenters. The van der Waals surface area contributed by atoms with Crippen LogP contribution in [0.25, 0.3) is 11.0 Å². The SMILES string of the molecule is CC(NC(=O)CN(C)C(C)C)c1cc2ccccc2o1. The van der Waals surface area contributed by atoms with E-state index in [-0.39, 0.29) is 11.9 Å². The molecule has 0 saturated heterocycles. The van der Waals surface area contributed by atoms with Gasteiger partial charge in [0, 0.05) is 11.4 Å². The fourth-order valence-electron chi connectivity index (χ4n) is 1.98. The van der Waals surface area contributed by atoms with Gasteiger partial charge in [-0.15, -0.1) is 0 Å². The lowest BCUT2D eigenvalue weighted by atomic mass is 10.2. The van der Waals surface area contributed by atoms with Crippen LogP contribution in [0.1, 0.15) is 32.6 Å². The third-order valence-corrected chi connectivity index (χ3v) is 3.52. The fraction of sp³-hybridized carbons (Fsp3) is 0.438. The molecule has 0 aliphatic rings. The van der Waals surface area contributed by atoms with Gasteiger partial charge in [-0.05, 0) is 40.0 Å². The van der Waals surface area contributed by atoms with E-state index >= 15 is 0 Å².